The number of fused-ring (bicyclic) bond motifs is 10. The van der Waals surface area contributed by atoms with E-state index in [9.17, 15) is 0 Å². The van der Waals surface area contributed by atoms with Crippen LogP contribution in [0.1, 0.15) is 25.0 Å². The van der Waals surface area contributed by atoms with Gasteiger partial charge in [-0.15, -0.1) is 0 Å². The van der Waals surface area contributed by atoms with Crippen molar-refractivity contribution in [1.82, 2.24) is 0 Å². The summed E-state index contributed by atoms with van der Waals surface area (Å²) in [6, 6.07) is 81.8. The molecule has 67 heavy (non-hydrogen) atoms. The fourth-order valence-electron chi connectivity index (χ4n) is 11.3. The Bertz CT molecular complexity index is 3790. The standard InChI is InChI=1S/C63H42N2S2/c1-63(2)51-18-6-5-17-45(51)46-32-29-42(36-52(46)63)62-48-34-31-43(64-53-19-7-11-23-57(53)66-58-24-12-8-20-54(58)64)37-49(48)61(41-28-27-39-15-3-4-16-40(39)35-41)47-33-30-44(38-50(47)62)65-55-21-9-13-25-59(55)67-60-26-14-10-22-56(60)65/h3-38H,1-2H3. The van der Waals surface area contributed by atoms with Gasteiger partial charge in [0.05, 0.1) is 22.7 Å². The van der Waals surface area contributed by atoms with Gasteiger partial charge in [0.1, 0.15) is 0 Å². The maximum Gasteiger partial charge on any atom is 0.0601 e. The number of anilines is 6. The van der Waals surface area contributed by atoms with Gasteiger partial charge in [-0.3, -0.25) is 0 Å². The van der Waals surface area contributed by atoms with Crippen LogP contribution in [0, 0.1) is 0 Å². The number of para-hydroxylation sites is 4. The van der Waals surface area contributed by atoms with Crippen molar-refractivity contribution < 1.29 is 0 Å². The first-order valence-corrected chi connectivity index (χ1v) is 24.7. The van der Waals surface area contributed by atoms with E-state index in [0.717, 1.165) is 11.4 Å². The number of hydrogen-bond donors (Lipinski definition) is 0. The maximum atomic E-state index is 2.51. The van der Waals surface area contributed by atoms with Crippen molar-refractivity contribution in [1.29, 1.82) is 0 Å². The topological polar surface area (TPSA) is 6.48 Å². The average molecular weight is 891 g/mol. The Morgan fingerprint density at radius 3 is 1.31 bits per heavy atom. The molecule has 0 aromatic heterocycles. The Balaban J connectivity index is 1.10. The Kier molecular flexibility index (Phi) is 8.53. The Morgan fingerprint density at radius 1 is 0.328 bits per heavy atom. The quantitative estimate of drug-likeness (QED) is 0.162. The summed E-state index contributed by atoms with van der Waals surface area (Å²) in [6.07, 6.45) is 0. The lowest BCUT2D eigenvalue weighted by Gasteiger charge is -2.34. The monoisotopic (exact) mass is 890 g/mol. The highest BCUT2D eigenvalue weighted by atomic mass is 32.2. The van der Waals surface area contributed by atoms with Crippen LogP contribution >= 0.6 is 23.5 Å². The highest BCUT2D eigenvalue weighted by Gasteiger charge is 2.36. The minimum absolute atomic E-state index is 0.150. The zero-order valence-corrected chi connectivity index (χ0v) is 38.6. The molecule has 2 nitrogen and oxygen atoms in total. The van der Waals surface area contributed by atoms with E-state index < -0.39 is 0 Å². The predicted octanol–water partition coefficient (Wildman–Crippen LogP) is 18.7. The molecule has 0 bridgehead atoms. The molecule has 0 saturated carbocycles. The van der Waals surface area contributed by atoms with E-state index in [0.29, 0.717) is 0 Å². The van der Waals surface area contributed by atoms with Gasteiger partial charge in [-0.1, -0.05) is 171 Å². The Morgan fingerprint density at radius 2 is 0.761 bits per heavy atom. The molecule has 11 aromatic carbocycles. The fraction of sp³-hybridized carbons (Fsp3) is 0.0476. The van der Waals surface area contributed by atoms with Crippen molar-refractivity contribution >= 4 is 90.0 Å². The molecule has 0 amide bonds. The summed E-state index contributed by atoms with van der Waals surface area (Å²) in [5.41, 5.74) is 17.3. The second-order valence-electron chi connectivity index (χ2n) is 18.4. The van der Waals surface area contributed by atoms with Gasteiger partial charge in [0.25, 0.3) is 0 Å². The van der Waals surface area contributed by atoms with E-state index in [2.05, 4.69) is 242 Å². The molecule has 3 aliphatic rings. The third kappa shape index (κ3) is 5.86. The molecular formula is C63H42N2S2. The SMILES string of the molecule is CC1(C)c2ccccc2-c2ccc(-c3c4ccc(N5c6ccccc6Sc6ccccc65)cc4c(-c4ccc5ccccc5c4)c4ccc(N5c6ccccc6Sc6ccccc65)cc34)cc21. The Labute approximate surface area is 399 Å². The van der Waals surface area contributed by atoms with E-state index in [1.807, 2.05) is 23.5 Å². The summed E-state index contributed by atoms with van der Waals surface area (Å²) in [5, 5.41) is 7.38. The molecule has 0 spiro atoms. The lowest BCUT2D eigenvalue weighted by molar-refractivity contribution is 0.660. The van der Waals surface area contributed by atoms with Crippen molar-refractivity contribution in [2.45, 2.75) is 38.8 Å². The molecule has 1 aliphatic carbocycles. The third-order valence-corrected chi connectivity index (χ3v) is 16.6. The second kappa shape index (κ2) is 14.8. The van der Waals surface area contributed by atoms with Gasteiger partial charge in [-0.05, 0) is 162 Å². The zero-order chi connectivity index (χ0) is 44.4. The van der Waals surface area contributed by atoms with Gasteiger partial charge in [0, 0.05) is 36.4 Å². The molecule has 14 rings (SSSR count). The van der Waals surface area contributed by atoms with Gasteiger partial charge in [0.2, 0.25) is 0 Å². The van der Waals surface area contributed by atoms with E-state index in [-0.39, 0.29) is 5.41 Å². The number of rotatable bonds is 4. The average Bonchev–Trinajstić information content (AvgIpc) is 3.60. The molecule has 2 aliphatic heterocycles. The van der Waals surface area contributed by atoms with Gasteiger partial charge < -0.3 is 9.80 Å². The molecule has 11 aromatic rings. The van der Waals surface area contributed by atoms with Crippen LogP contribution < -0.4 is 9.80 Å². The zero-order valence-electron chi connectivity index (χ0n) is 37.0. The number of nitrogens with zero attached hydrogens (tertiary/aromatic N) is 2. The summed E-state index contributed by atoms with van der Waals surface area (Å²) in [7, 11) is 0. The van der Waals surface area contributed by atoms with Crippen molar-refractivity contribution in [2.75, 3.05) is 9.80 Å². The smallest absolute Gasteiger partial charge is 0.0601 e. The van der Waals surface area contributed by atoms with Crippen LogP contribution in [0.5, 0.6) is 0 Å². The molecule has 0 saturated heterocycles. The lowest BCUT2D eigenvalue weighted by atomic mass is 9.80. The number of benzene rings is 11. The minimum Gasteiger partial charge on any atom is -0.308 e. The summed E-state index contributed by atoms with van der Waals surface area (Å²) in [6.45, 7) is 4.78. The summed E-state index contributed by atoms with van der Waals surface area (Å²) in [5.74, 6) is 0. The van der Waals surface area contributed by atoms with Crippen LogP contribution in [-0.4, -0.2) is 0 Å². The molecule has 316 valence electrons. The first kappa shape index (κ1) is 38.7. The highest BCUT2D eigenvalue weighted by Crippen LogP contribution is 2.56. The second-order valence-corrected chi connectivity index (χ2v) is 20.6. The summed E-state index contributed by atoms with van der Waals surface area (Å²) in [4.78, 5) is 9.95. The van der Waals surface area contributed by atoms with Crippen molar-refractivity contribution in [3.8, 4) is 33.4 Å². The Hall–Kier alpha value is -7.50. The predicted molar refractivity (Wildman–Crippen MR) is 285 cm³/mol. The molecule has 0 N–H and O–H groups in total. The van der Waals surface area contributed by atoms with Crippen LogP contribution in [-0.2, 0) is 5.41 Å². The first-order chi connectivity index (χ1) is 33.0. The van der Waals surface area contributed by atoms with Crippen LogP contribution in [0.4, 0.5) is 34.1 Å². The first-order valence-electron chi connectivity index (χ1n) is 23.1. The van der Waals surface area contributed by atoms with Gasteiger partial charge >= 0.3 is 0 Å². The van der Waals surface area contributed by atoms with Crippen LogP contribution in [0.3, 0.4) is 0 Å². The molecule has 0 fully saturated rings. The van der Waals surface area contributed by atoms with Crippen molar-refractivity contribution in [2.24, 2.45) is 0 Å². The summed E-state index contributed by atoms with van der Waals surface area (Å²) >= 11 is 3.70. The van der Waals surface area contributed by atoms with Gasteiger partial charge in [-0.2, -0.15) is 0 Å². The lowest BCUT2D eigenvalue weighted by Crippen LogP contribution is -2.15. The molecule has 0 radical (unpaired) electrons. The van der Waals surface area contributed by atoms with E-state index in [4.69, 9.17) is 0 Å². The van der Waals surface area contributed by atoms with E-state index in [1.54, 1.807) is 0 Å². The van der Waals surface area contributed by atoms with Crippen LogP contribution in [0.25, 0.3) is 65.7 Å². The van der Waals surface area contributed by atoms with Gasteiger partial charge in [-0.25, -0.2) is 0 Å². The van der Waals surface area contributed by atoms with E-state index in [1.165, 1.54) is 119 Å². The summed E-state index contributed by atoms with van der Waals surface area (Å²) < 4.78 is 0. The van der Waals surface area contributed by atoms with Crippen LogP contribution in [0.2, 0.25) is 0 Å². The maximum absolute atomic E-state index is 2.51. The molecule has 0 atom stereocenters. The highest BCUT2D eigenvalue weighted by molar-refractivity contribution is 8.00. The largest absolute Gasteiger partial charge is 0.308 e. The minimum atomic E-state index is -0.150. The number of hydrogen-bond acceptors (Lipinski definition) is 4. The fourth-order valence-corrected chi connectivity index (χ4v) is 13.4. The molecule has 4 heteroatoms. The van der Waals surface area contributed by atoms with Gasteiger partial charge in [0.15, 0.2) is 0 Å². The normalized spacial score (nSPS) is 14.1. The third-order valence-electron chi connectivity index (χ3n) is 14.4. The van der Waals surface area contributed by atoms with Crippen LogP contribution in [0.15, 0.2) is 238 Å². The molecule has 2 heterocycles. The molecule has 0 unspecified atom stereocenters. The van der Waals surface area contributed by atoms with Crippen molar-refractivity contribution in [3.63, 3.8) is 0 Å². The molecular weight excluding hydrogens is 849 g/mol. The van der Waals surface area contributed by atoms with E-state index >= 15 is 0 Å². The van der Waals surface area contributed by atoms with Crippen molar-refractivity contribution in [3.05, 3.63) is 230 Å².